The van der Waals surface area contributed by atoms with Crippen LogP contribution in [0.1, 0.15) is 31.3 Å². The minimum Gasteiger partial charge on any atom is -0.510 e. The van der Waals surface area contributed by atoms with Crippen LogP contribution in [-0.4, -0.2) is 33.4 Å². The molecule has 0 aromatic carbocycles. The second kappa shape index (κ2) is 6.43. The molecule has 0 fully saturated rings. The number of azo groups is 1. The zero-order valence-electron chi connectivity index (χ0n) is 10.8. The van der Waals surface area contributed by atoms with E-state index in [-0.39, 0.29) is 29.6 Å². The van der Waals surface area contributed by atoms with Gasteiger partial charge in [0.15, 0.2) is 17.2 Å². The number of ketones is 1. The SMILES string of the molecule is CCOC(=O)c1[nH]cnc1N=N/C(C(C)=O)=C(/C)O. The molecule has 1 aromatic rings. The molecule has 0 atom stereocenters. The fraction of sp³-hybridized carbons (Fsp3) is 0.364. The van der Waals surface area contributed by atoms with Crippen LogP contribution < -0.4 is 0 Å². The Morgan fingerprint density at radius 2 is 2.16 bits per heavy atom. The lowest BCUT2D eigenvalue weighted by Gasteiger charge is -1.99. The first-order valence-corrected chi connectivity index (χ1v) is 5.50. The third-order valence-corrected chi connectivity index (χ3v) is 2.02. The summed E-state index contributed by atoms with van der Waals surface area (Å²) in [6, 6.07) is 0. The Balaban J connectivity index is 3.01. The number of H-pyrrole nitrogens is 1. The molecule has 0 saturated heterocycles. The van der Waals surface area contributed by atoms with Crippen molar-refractivity contribution in [3.63, 3.8) is 0 Å². The minimum absolute atomic E-state index is 0.0153. The van der Waals surface area contributed by atoms with Crippen molar-refractivity contribution >= 4 is 17.6 Å². The zero-order chi connectivity index (χ0) is 14.4. The number of imidazole rings is 1. The molecule has 8 heteroatoms. The number of aliphatic hydroxyl groups excluding tert-OH is 1. The van der Waals surface area contributed by atoms with Crippen molar-refractivity contribution in [1.82, 2.24) is 9.97 Å². The Kier molecular flexibility index (Phi) is 4.92. The minimum atomic E-state index is -0.622. The fourth-order valence-corrected chi connectivity index (χ4v) is 1.21. The van der Waals surface area contributed by atoms with Gasteiger partial charge in [-0.2, -0.15) is 0 Å². The molecule has 0 aliphatic heterocycles. The number of aromatic amines is 1. The van der Waals surface area contributed by atoms with E-state index in [0.29, 0.717) is 0 Å². The van der Waals surface area contributed by atoms with Crippen LogP contribution in [0.5, 0.6) is 0 Å². The number of carbonyl (C=O) groups is 2. The average molecular weight is 266 g/mol. The number of nitrogens with one attached hydrogen (secondary N) is 1. The summed E-state index contributed by atoms with van der Waals surface area (Å²) in [7, 11) is 0. The average Bonchev–Trinajstić information content (AvgIpc) is 2.77. The second-order valence-electron chi connectivity index (χ2n) is 3.51. The van der Waals surface area contributed by atoms with Crippen molar-refractivity contribution in [2.75, 3.05) is 6.61 Å². The molecule has 0 amide bonds. The summed E-state index contributed by atoms with van der Waals surface area (Å²) in [5.74, 6) is -1.34. The first-order chi connectivity index (χ1) is 8.97. The Morgan fingerprint density at radius 3 is 2.68 bits per heavy atom. The van der Waals surface area contributed by atoms with Gasteiger partial charge in [0.05, 0.1) is 12.9 Å². The number of nitrogens with zero attached hydrogens (tertiary/aromatic N) is 3. The van der Waals surface area contributed by atoms with Gasteiger partial charge in [0.2, 0.25) is 5.82 Å². The van der Waals surface area contributed by atoms with Crippen molar-refractivity contribution in [3.05, 3.63) is 23.5 Å². The van der Waals surface area contributed by atoms with Gasteiger partial charge in [0.25, 0.3) is 0 Å². The molecule has 0 bridgehead atoms. The maximum Gasteiger partial charge on any atom is 0.358 e. The summed E-state index contributed by atoms with van der Waals surface area (Å²) in [4.78, 5) is 29.0. The highest BCUT2D eigenvalue weighted by molar-refractivity contribution is 5.93. The predicted octanol–water partition coefficient (Wildman–Crippen LogP) is 2.05. The maximum absolute atomic E-state index is 11.5. The molecule has 1 heterocycles. The van der Waals surface area contributed by atoms with E-state index in [0.717, 1.165) is 0 Å². The first-order valence-electron chi connectivity index (χ1n) is 5.50. The molecule has 0 spiro atoms. The maximum atomic E-state index is 11.5. The van der Waals surface area contributed by atoms with Gasteiger partial charge in [0.1, 0.15) is 5.76 Å². The molecular formula is C11H14N4O4. The number of ether oxygens (including phenoxy) is 1. The molecule has 0 unspecified atom stereocenters. The van der Waals surface area contributed by atoms with Crippen LogP contribution in [0.15, 0.2) is 28.0 Å². The highest BCUT2D eigenvalue weighted by Crippen LogP contribution is 2.17. The van der Waals surface area contributed by atoms with Crippen molar-refractivity contribution in [2.45, 2.75) is 20.8 Å². The number of Topliss-reactive ketones (excluding diaryl/α,β-unsaturated/α-hetero) is 1. The van der Waals surface area contributed by atoms with Crippen LogP contribution >= 0.6 is 0 Å². The van der Waals surface area contributed by atoms with Crippen LogP contribution in [0.4, 0.5) is 5.82 Å². The highest BCUT2D eigenvalue weighted by Gasteiger charge is 2.16. The van der Waals surface area contributed by atoms with Crippen LogP contribution in [0.25, 0.3) is 0 Å². The van der Waals surface area contributed by atoms with E-state index in [1.165, 1.54) is 20.2 Å². The van der Waals surface area contributed by atoms with Gasteiger partial charge >= 0.3 is 5.97 Å². The van der Waals surface area contributed by atoms with Crippen LogP contribution in [0, 0.1) is 0 Å². The van der Waals surface area contributed by atoms with Crippen molar-refractivity contribution < 1.29 is 19.4 Å². The van der Waals surface area contributed by atoms with Gasteiger partial charge in [-0.05, 0) is 13.8 Å². The smallest absolute Gasteiger partial charge is 0.358 e. The van der Waals surface area contributed by atoms with Crippen LogP contribution in [0.3, 0.4) is 0 Å². The molecule has 0 aliphatic carbocycles. The standard InChI is InChI=1S/C11H14N4O4/c1-4-19-11(18)9-10(13-5-12-9)15-14-8(6(2)16)7(3)17/h5,16H,4H2,1-3H3,(H,12,13)/b8-6-,15-14?. The van der Waals surface area contributed by atoms with Gasteiger partial charge in [-0.3, -0.25) is 4.79 Å². The Labute approximate surface area is 109 Å². The zero-order valence-corrected chi connectivity index (χ0v) is 10.8. The quantitative estimate of drug-likeness (QED) is 0.366. The third kappa shape index (κ3) is 3.73. The number of allylic oxidation sites excluding steroid dienone is 2. The van der Waals surface area contributed by atoms with E-state index >= 15 is 0 Å². The van der Waals surface area contributed by atoms with E-state index in [1.807, 2.05) is 0 Å². The second-order valence-corrected chi connectivity index (χ2v) is 3.51. The van der Waals surface area contributed by atoms with Crippen molar-refractivity contribution in [1.29, 1.82) is 0 Å². The van der Waals surface area contributed by atoms with E-state index in [4.69, 9.17) is 4.74 Å². The molecule has 2 N–H and O–H groups in total. The number of aromatic nitrogens is 2. The van der Waals surface area contributed by atoms with E-state index in [1.54, 1.807) is 6.92 Å². The summed E-state index contributed by atoms with van der Waals surface area (Å²) in [5.41, 5.74) is -0.165. The Morgan fingerprint density at radius 1 is 1.47 bits per heavy atom. The number of carbonyl (C=O) groups excluding carboxylic acids is 2. The highest BCUT2D eigenvalue weighted by atomic mass is 16.5. The molecule has 1 aromatic heterocycles. The number of hydrogen-bond acceptors (Lipinski definition) is 7. The lowest BCUT2D eigenvalue weighted by atomic mass is 10.3. The molecule has 102 valence electrons. The first kappa shape index (κ1) is 14.6. The lowest BCUT2D eigenvalue weighted by molar-refractivity contribution is -0.113. The summed E-state index contributed by atoms with van der Waals surface area (Å²) < 4.78 is 4.79. The normalized spacial score (nSPS) is 12.4. The molecule has 0 radical (unpaired) electrons. The molecule has 0 saturated carbocycles. The summed E-state index contributed by atoms with van der Waals surface area (Å²) in [6.07, 6.45) is 1.25. The van der Waals surface area contributed by atoms with Gasteiger partial charge in [-0.1, -0.05) is 0 Å². The van der Waals surface area contributed by atoms with Crippen molar-refractivity contribution in [3.8, 4) is 0 Å². The van der Waals surface area contributed by atoms with Crippen LogP contribution in [0.2, 0.25) is 0 Å². The summed E-state index contributed by atoms with van der Waals surface area (Å²) >= 11 is 0. The number of hydrogen-bond donors (Lipinski definition) is 2. The van der Waals surface area contributed by atoms with E-state index in [9.17, 15) is 14.7 Å². The Hall–Kier alpha value is -2.51. The van der Waals surface area contributed by atoms with Crippen molar-refractivity contribution in [2.24, 2.45) is 10.2 Å². The molecule has 1 rings (SSSR count). The summed E-state index contributed by atoms with van der Waals surface area (Å²) in [5, 5.41) is 16.5. The topological polar surface area (TPSA) is 117 Å². The lowest BCUT2D eigenvalue weighted by Crippen LogP contribution is -2.05. The molecule has 19 heavy (non-hydrogen) atoms. The Bertz CT molecular complexity index is 541. The monoisotopic (exact) mass is 266 g/mol. The van der Waals surface area contributed by atoms with E-state index in [2.05, 4.69) is 20.2 Å². The van der Waals surface area contributed by atoms with Gasteiger partial charge in [-0.15, -0.1) is 10.2 Å². The fourth-order valence-electron chi connectivity index (χ4n) is 1.21. The molecule has 8 nitrogen and oxygen atoms in total. The van der Waals surface area contributed by atoms with Gasteiger partial charge in [-0.25, -0.2) is 9.78 Å². The molecule has 0 aliphatic rings. The summed E-state index contributed by atoms with van der Waals surface area (Å²) in [6.45, 7) is 4.43. The third-order valence-electron chi connectivity index (χ3n) is 2.02. The predicted molar refractivity (Wildman–Crippen MR) is 65.1 cm³/mol. The van der Waals surface area contributed by atoms with Gasteiger partial charge < -0.3 is 14.8 Å². The van der Waals surface area contributed by atoms with Crippen LogP contribution in [-0.2, 0) is 9.53 Å². The number of rotatable bonds is 5. The number of esters is 1. The number of aliphatic hydroxyl groups is 1. The van der Waals surface area contributed by atoms with Gasteiger partial charge in [0, 0.05) is 6.92 Å². The molecular weight excluding hydrogens is 252 g/mol. The van der Waals surface area contributed by atoms with E-state index < -0.39 is 11.8 Å². The largest absolute Gasteiger partial charge is 0.510 e.